The number of hydrogen-bond donors (Lipinski definition) is 2. The van der Waals surface area contributed by atoms with E-state index >= 15 is 0 Å². The Morgan fingerprint density at radius 2 is 1.94 bits per heavy atom. The molecular formula is C24H15BrClF2N3O2. The van der Waals surface area contributed by atoms with E-state index in [2.05, 4.69) is 26.6 Å². The third-order valence-corrected chi connectivity index (χ3v) is 6.49. The molecule has 1 atom stereocenters. The summed E-state index contributed by atoms with van der Waals surface area (Å²) in [4.78, 5) is 25.8. The highest BCUT2D eigenvalue weighted by Gasteiger charge is 2.34. The number of nitrogens with zero attached hydrogens (tertiary/aromatic N) is 1. The highest BCUT2D eigenvalue weighted by molar-refractivity contribution is 9.10. The van der Waals surface area contributed by atoms with Gasteiger partial charge in [0, 0.05) is 56.1 Å². The minimum atomic E-state index is -0.772. The molecule has 166 valence electrons. The van der Waals surface area contributed by atoms with Gasteiger partial charge in [0.1, 0.15) is 11.6 Å². The lowest BCUT2D eigenvalue weighted by molar-refractivity contribution is 0.0959. The van der Waals surface area contributed by atoms with Crippen LogP contribution in [0.3, 0.4) is 0 Å². The van der Waals surface area contributed by atoms with Gasteiger partial charge in [-0.2, -0.15) is 0 Å². The summed E-state index contributed by atoms with van der Waals surface area (Å²) in [6, 6.07) is 10.8. The molecule has 0 radical (unpaired) electrons. The fraction of sp³-hybridized carbons (Fsp3) is 0.0833. The van der Waals surface area contributed by atoms with E-state index in [4.69, 9.17) is 11.6 Å². The van der Waals surface area contributed by atoms with Crippen LogP contribution >= 0.6 is 27.5 Å². The zero-order valence-electron chi connectivity index (χ0n) is 17.0. The Balaban J connectivity index is 1.60. The van der Waals surface area contributed by atoms with Crippen LogP contribution in [-0.4, -0.2) is 16.4 Å². The molecule has 0 saturated heterocycles. The quantitative estimate of drug-likeness (QED) is 0.343. The number of amides is 2. The van der Waals surface area contributed by atoms with Crippen LogP contribution in [0.4, 0.5) is 14.5 Å². The van der Waals surface area contributed by atoms with Crippen LogP contribution in [0.15, 0.2) is 59.2 Å². The van der Waals surface area contributed by atoms with E-state index in [1.807, 2.05) is 0 Å². The molecule has 5 rings (SSSR count). The minimum Gasteiger partial charge on any atom is -0.350 e. The first-order chi connectivity index (χ1) is 15.7. The van der Waals surface area contributed by atoms with Gasteiger partial charge in [-0.05, 0) is 48.5 Å². The summed E-state index contributed by atoms with van der Waals surface area (Å²) in [6.07, 6.45) is 1.71. The van der Waals surface area contributed by atoms with Gasteiger partial charge >= 0.3 is 0 Å². The predicted molar refractivity (Wildman–Crippen MR) is 126 cm³/mol. The van der Waals surface area contributed by atoms with Gasteiger partial charge in [0.15, 0.2) is 0 Å². The summed E-state index contributed by atoms with van der Waals surface area (Å²) in [5, 5.41) is 6.26. The maximum Gasteiger partial charge on any atom is 0.255 e. The highest BCUT2D eigenvalue weighted by atomic mass is 79.9. The first-order valence-electron chi connectivity index (χ1n) is 9.88. The molecule has 1 unspecified atom stereocenters. The van der Waals surface area contributed by atoms with Gasteiger partial charge < -0.3 is 15.2 Å². The van der Waals surface area contributed by atoms with Crippen molar-refractivity contribution in [1.29, 1.82) is 0 Å². The molecule has 33 heavy (non-hydrogen) atoms. The van der Waals surface area contributed by atoms with Gasteiger partial charge in [0.05, 0.1) is 11.6 Å². The molecule has 0 saturated carbocycles. The van der Waals surface area contributed by atoms with Gasteiger partial charge in [-0.3, -0.25) is 9.59 Å². The van der Waals surface area contributed by atoms with Crippen molar-refractivity contribution in [2.24, 2.45) is 7.05 Å². The molecule has 0 bridgehead atoms. The number of aromatic nitrogens is 1. The van der Waals surface area contributed by atoms with E-state index in [1.165, 1.54) is 24.3 Å². The largest absolute Gasteiger partial charge is 0.350 e. The van der Waals surface area contributed by atoms with Crippen molar-refractivity contribution in [3.05, 3.63) is 98.1 Å². The smallest absolute Gasteiger partial charge is 0.255 e. The molecule has 0 fully saturated rings. The second kappa shape index (κ2) is 7.97. The monoisotopic (exact) mass is 529 g/mol. The second-order valence-electron chi connectivity index (χ2n) is 7.76. The number of halogens is 4. The summed E-state index contributed by atoms with van der Waals surface area (Å²) >= 11 is 9.65. The normalized spacial score (nSPS) is 14.9. The summed E-state index contributed by atoms with van der Waals surface area (Å²) in [5.74, 6) is -1.96. The number of aryl methyl sites for hydroxylation is 1. The number of hydrogen-bond acceptors (Lipinski definition) is 2. The van der Waals surface area contributed by atoms with E-state index in [1.54, 1.807) is 42.1 Å². The van der Waals surface area contributed by atoms with Crippen LogP contribution in [0.5, 0.6) is 0 Å². The van der Waals surface area contributed by atoms with E-state index < -0.39 is 23.6 Å². The molecule has 5 nitrogen and oxygen atoms in total. The Bertz CT molecular complexity index is 1480. The summed E-state index contributed by atoms with van der Waals surface area (Å²) in [5.41, 5.74) is 2.13. The molecule has 1 aliphatic rings. The Morgan fingerprint density at radius 3 is 2.73 bits per heavy atom. The Hall–Kier alpha value is -3.23. The number of fused-ring (bicyclic) bond motifs is 2. The molecule has 1 aliphatic heterocycles. The highest BCUT2D eigenvalue weighted by Crippen LogP contribution is 2.41. The first kappa shape index (κ1) is 21.6. The van der Waals surface area contributed by atoms with Gasteiger partial charge in [-0.25, -0.2) is 8.78 Å². The average molecular weight is 531 g/mol. The number of benzene rings is 3. The van der Waals surface area contributed by atoms with Crippen molar-refractivity contribution in [3.8, 4) is 0 Å². The molecular weight excluding hydrogens is 516 g/mol. The molecule has 2 heterocycles. The van der Waals surface area contributed by atoms with E-state index in [0.717, 1.165) is 0 Å². The molecule has 2 N–H and O–H groups in total. The number of nitrogens with one attached hydrogen (secondary N) is 2. The van der Waals surface area contributed by atoms with Crippen LogP contribution in [0, 0.1) is 11.6 Å². The van der Waals surface area contributed by atoms with E-state index in [-0.39, 0.29) is 16.5 Å². The standard InChI is InChI=1S/C24H15BrClF2N3O2/c1-31-5-4-14-18(28)6-11(7-20(14)31)23(32)29-19-9-12(25)8-16-21(19)22(30-24(16)33)15-10-13(27)2-3-17(15)26/h2-10,22H,1H3,(H,29,32)(H,30,33). The van der Waals surface area contributed by atoms with Gasteiger partial charge in [-0.15, -0.1) is 0 Å². The van der Waals surface area contributed by atoms with Gasteiger partial charge in [-0.1, -0.05) is 27.5 Å². The van der Waals surface area contributed by atoms with Gasteiger partial charge in [0.25, 0.3) is 11.8 Å². The minimum absolute atomic E-state index is 0.119. The zero-order chi connectivity index (χ0) is 23.4. The lowest BCUT2D eigenvalue weighted by atomic mass is 9.96. The fourth-order valence-corrected chi connectivity index (χ4v) is 4.81. The zero-order valence-corrected chi connectivity index (χ0v) is 19.4. The molecule has 1 aromatic heterocycles. The second-order valence-corrected chi connectivity index (χ2v) is 9.08. The van der Waals surface area contributed by atoms with Crippen LogP contribution in [0.25, 0.3) is 10.9 Å². The van der Waals surface area contributed by atoms with Crippen LogP contribution < -0.4 is 10.6 Å². The summed E-state index contributed by atoms with van der Waals surface area (Å²) in [7, 11) is 1.76. The summed E-state index contributed by atoms with van der Waals surface area (Å²) in [6.45, 7) is 0. The number of carbonyl (C=O) groups is 2. The number of rotatable bonds is 3. The number of carbonyl (C=O) groups excluding carboxylic acids is 2. The van der Waals surface area contributed by atoms with Crippen molar-refractivity contribution < 1.29 is 18.4 Å². The topological polar surface area (TPSA) is 63.1 Å². The average Bonchev–Trinajstić information content (AvgIpc) is 3.30. The third-order valence-electron chi connectivity index (χ3n) is 5.69. The number of anilines is 1. The Morgan fingerprint density at radius 1 is 1.15 bits per heavy atom. The maximum absolute atomic E-state index is 14.6. The third kappa shape index (κ3) is 3.69. The molecule has 2 amide bonds. The maximum atomic E-state index is 14.6. The van der Waals surface area contributed by atoms with Gasteiger partial charge in [0.2, 0.25) is 0 Å². The predicted octanol–water partition coefficient (Wildman–Crippen LogP) is 5.96. The molecule has 3 aromatic carbocycles. The Labute approximate surface area is 200 Å². The lowest BCUT2D eigenvalue weighted by Crippen LogP contribution is -2.21. The molecule has 0 spiro atoms. The van der Waals surface area contributed by atoms with Crippen molar-refractivity contribution in [3.63, 3.8) is 0 Å². The summed E-state index contributed by atoms with van der Waals surface area (Å²) < 4.78 is 30.8. The molecule has 0 aliphatic carbocycles. The van der Waals surface area contributed by atoms with Crippen molar-refractivity contribution in [2.75, 3.05) is 5.32 Å². The Kier molecular flexibility index (Phi) is 5.22. The van der Waals surface area contributed by atoms with Crippen molar-refractivity contribution in [1.82, 2.24) is 9.88 Å². The van der Waals surface area contributed by atoms with Crippen LogP contribution in [0.1, 0.15) is 37.9 Å². The lowest BCUT2D eigenvalue weighted by Gasteiger charge is -2.18. The van der Waals surface area contributed by atoms with Crippen LogP contribution in [-0.2, 0) is 7.05 Å². The van der Waals surface area contributed by atoms with Crippen LogP contribution in [0.2, 0.25) is 5.02 Å². The molecule has 4 aromatic rings. The van der Waals surface area contributed by atoms with E-state index in [0.29, 0.717) is 37.8 Å². The molecule has 9 heteroatoms. The first-order valence-corrected chi connectivity index (χ1v) is 11.0. The SMILES string of the molecule is Cn1ccc2c(F)cc(C(=O)Nc3cc(Br)cc4c3C(c3cc(F)ccc3Cl)NC4=O)cc21. The fourth-order valence-electron chi connectivity index (χ4n) is 4.12. The van der Waals surface area contributed by atoms with Crippen molar-refractivity contribution >= 4 is 55.9 Å². The van der Waals surface area contributed by atoms with Crippen molar-refractivity contribution in [2.45, 2.75) is 6.04 Å². The van der Waals surface area contributed by atoms with E-state index in [9.17, 15) is 18.4 Å².